The summed E-state index contributed by atoms with van der Waals surface area (Å²) < 4.78 is 43.7. The van der Waals surface area contributed by atoms with Gasteiger partial charge in [-0.05, 0) is 72.9 Å². The third kappa shape index (κ3) is 10.9. The van der Waals surface area contributed by atoms with Crippen molar-refractivity contribution in [2.45, 2.75) is 37.0 Å². The molecule has 1 aliphatic carbocycles. The fourth-order valence-corrected chi connectivity index (χ4v) is 5.78. The maximum atomic E-state index is 13.0. The molecule has 1 fully saturated rings. The van der Waals surface area contributed by atoms with E-state index in [0.29, 0.717) is 34.8 Å². The molecule has 14 nitrogen and oxygen atoms in total. The molecule has 5 aromatic rings. The second-order valence-corrected chi connectivity index (χ2v) is 13.3. The molecule has 1 atom stereocenters. The van der Waals surface area contributed by atoms with E-state index >= 15 is 0 Å². The molecule has 1 heterocycles. The first-order valence-electron chi connectivity index (χ1n) is 17.4. The molecule has 57 heavy (non-hydrogen) atoms. The molecule has 1 aromatic heterocycles. The molecule has 3 amide bonds. The summed E-state index contributed by atoms with van der Waals surface area (Å²) >= 11 is 6.03. The number of halogens is 4. The van der Waals surface area contributed by atoms with E-state index in [9.17, 15) is 37.5 Å². The average molecular weight is 803 g/mol. The number of hydrogen-bond acceptors (Lipinski definition) is 10. The van der Waals surface area contributed by atoms with Crippen LogP contribution in [0.3, 0.4) is 0 Å². The number of carboxylic acid groups (broad SMARTS) is 1. The van der Waals surface area contributed by atoms with Crippen molar-refractivity contribution in [3.05, 3.63) is 119 Å². The Bertz CT molecular complexity index is 2240. The predicted octanol–water partition coefficient (Wildman–Crippen LogP) is 6.31. The van der Waals surface area contributed by atoms with E-state index in [1.807, 2.05) is 42.5 Å². The number of carboxylic acids is 1. The highest BCUT2D eigenvalue weighted by Gasteiger charge is 2.45. The van der Waals surface area contributed by atoms with Gasteiger partial charge in [-0.25, -0.2) is 4.79 Å². The van der Waals surface area contributed by atoms with Gasteiger partial charge in [0.15, 0.2) is 6.61 Å². The lowest BCUT2D eigenvalue weighted by Crippen LogP contribution is -2.44. The van der Waals surface area contributed by atoms with Crippen molar-refractivity contribution in [1.82, 2.24) is 25.6 Å². The highest BCUT2D eigenvalue weighted by Crippen LogP contribution is 2.48. The van der Waals surface area contributed by atoms with Gasteiger partial charge in [-0.2, -0.15) is 28.1 Å². The number of carbonyl (C=O) groups excluding carboxylic acids is 3. The molecule has 6 rings (SSSR count). The van der Waals surface area contributed by atoms with Gasteiger partial charge in [-0.1, -0.05) is 72.3 Å². The van der Waals surface area contributed by atoms with Crippen LogP contribution in [-0.4, -0.2) is 69.1 Å². The number of benzene rings is 4. The van der Waals surface area contributed by atoms with Gasteiger partial charge in [-0.15, -0.1) is 0 Å². The van der Waals surface area contributed by atoms with E-state index in [4.69, 9.17) is 16.3 Å². The number of anilines is 4. The van der Waals surface area contributed by atoms with Crippen LogP contribution >= 0.6 is 11.6 Å². The smallest absolute Gasteiger partial charge is 0.422 e. The second-order valence-electron chi connectivity index (χ2n) is 12.9. The summed E-state index contributed by atoms with van der Waals surface area (Å²) in [7, 11) is 0. The van der Waals surface area contributed by atoms with Crippen LogP contribution in [0.5, 0.6) is 6.01 Å². The Balaban J connectivity index is 1.05. The number of amides is 3. The monoisotopic (exact) mass is 802 g/mol. The van der Waals surface area contributed by atoms with Crippen molar-refractivity contribution in [2.24, 2.45) is 0 Å². The predicted molar refractivity (Wildman–Crippen MR) is 204 cm³/mol. The van der Waals surface area contributed by atoms with Gasteiger partial charge in [0, 0.05) is 34.1 Å². The molecule has 18 heteroatoms. The number of nitrogens with zero attached hydrogens (tertiary/aromatic N) is 3. The van der Waals surface area contributed by atoms with Crippen LogP contribution in [0.1, 0.15) is 35.2 Å². The van der Waals surface area contributed by atoms with E-state index in [1.54, 1.807) is 36.4 Å². The SMILES string of the molecule is O=C(NCC[C@@H](NC(=O)c1ccc(Nc2nc(NC3(c4ccc(Cl)cc4)CC3)nc(OCC(F)(F)F)n2)cc1)C(=O)O)C(=O)Nc1ccccc1-c1ccccc1. The first-order chi connectivity index (χ1) is 27.3. The summed E-state index contributed by atoms with van der Waals surface area (Å²) in [6, 6.07) is 26.9. The average Bonchev–Trinajstić information content (AvgIpc) is 3.97. The molecule has 1 saturated carbocycles. The lowest BCUT2D eigenvalue weighted by molar-refractivity contribution is -0.154. The Morgan fingerprint density at radius 2 is 1.49 bits per heavy atom. The minimum absolute atomic E-state index is 0.0435. The van der Waals surface area contributed by atoms with Crippen LogP contribution in [0.2, 0.25) is 5.02 Å². The van der Waals surface area contributed by atoms with Gasteiger partial charge < -0.3 is 36.4 Å². The summed E-state index contributed by atoms with van der Waals surface area (Å²) in [5.74, 6) is -4.27. The summed E-state index contributed by atoms with van der Waals surface area (Å²) in [5.41, 5.74) is 2.64. The minimum Gasteiger partial charge on any atom is -0.480 e. The number of aromatic nitrogens is 3. The molecule has 4 aromatic carbocycles. The largest absolute Gasteiger partial charge is 0.480 e. The van der Waals surface area contributed by atoms with E-state index in [0.717, 1.165) is 11.1 Å². The lowest BCUT2D eigenvalue weighted by Gasteiger charge is -2.19. The summed E-state index contributed by atoms with van der Waals surface area (Å²) in [4.78, 5) is 62.5. The van der Waals surface area contributed by atoms with E-state index in [1.165, 1.54) is 24.3 Å². The van der Waals surface area contributed by atoms with Crippen LogP contribution in [0.25, 0.3) is 11.1 Å². The minimum atomic E-state index is -4.65. The molecule has 0 unspecified atom stereocenters. The normalized spacial score (nSPS) is 13.4. The Hall–Kier alpha value is -6.75. The van der Waals surface area contributed by atoms with E-state index in [-0.39, 0.29) is 30.4 Å². The van der Waals surface area contributed by atoms with Gasteiger partial charge >= 0.3 is 30.0 Å². The second kappa shape index (κ2) is 17.4. The van der Waals surface area contributed by atoms with Crippen LogP contribution in [0, 0.1) is 0 Å². The quantitative estimate of drug-likeness (QED) is 0.0650. The summed E-state index contributed by atoms with van der Waals surface area (Å²) in [5, 5.41) is 23.6. The summed E-state index contributed by atoms with van der Waals surface area (Å²) in [6.45, 7) is -1.88. The highest BCUT2D eigenvalue weighted by atomic mass is 35.5. The van der Waals surface area contributed by atoms with Crippen LogP contribution in [0.15, 0.2) is 103 Å². The zero-order chi connectivity index (χ0) is 40.6. The van der Waals surface area contributed by atoms with Crippen molar-refractivity contribution in [3.8, 4) is 17.1 Å². The number of aliphatic carboxylic acids is 1. The number of alkyl halides is 3. The molecule has 0 saturated heterocycles. The fraction of sp³-hybridized carbons (Fsp3) is 0.205. The third-order valence-electron chi connectivity index (χ3n) is 8.67. The molecule has 0 spiro atoms. The maximum Gasteiger partial charge on any atom is 0.422 e. The van der Waals surface area contributed by atoms with Gasteiger partial charge in [0.2, 0.25) is 11.9 Å². The highest BCUT2D eigenvalue weighted by molar-refractivity contribution is 6.40. The first kappa shape index (κ1) is 39.9. The molecule has 0 radical (unpaired) electrons. The zero-order valence-corrected chi connectivity index (χ0v) is 30.5. The standard InChI is InChI=1S/C39H34ClF3N8O6/c40-26-14-12-25(13-15-26)38(19-20-38)51-36-48-35(49-37(50-36)57-22-39(41,42)43)45-27-16-10-24(11-17-27)31(52)47-30(34(55)56)18-21-44-32(53)33(54)46-29-9-5-4-8-28(29)23-6-2-1-3-7-23/h1-17,30H,18-22H2,(H,44,53)(H,46,54)(H,47,52)(H,55,56)(H2,45,48,49,50,51)/t30-/m1/s1. The molecule has 0 aliphatic heterocycles. The number of rotatable bonds is 15. The number of hydrogen-bond donors (Lipinski definition) is 6. The van der Waals surface area contributed by atoms with Crippen LogP contribution in [0.4, 0.5) is 36.4 Å². The summed E-state index contributed by atoms with van der Waals surface area (Å²) in [6.07, 6.45) is -3.49. The number of para-hydroxylation sites is 1. The maximum absolute atomic E-state index is 13.0. The van der Waals surface area contributed by atoms with Gasteiger partial charge in [-0.3, -0.25) is 14.4 Å². The van der Waals surface area contributed by atoms with Crippen molar-refractivity contribution >= 4 is 58.6 Å². The van der Waals surface area contributed by atoms with Crippen molar-refractivity contribution in [3.63, 3.8) is 0 Å². The fourth-order valence-electron chi connectivity index (χ4n) is 5.66. The van der Waals surface area contributed by atoms with Crippen molar-refractivity contribution in [2.75, 3.05) is 29.1 Å². The topological polar surface area (TPSA) is 197 Å². The third-order valence-corrected chi connectivity index (χ3v) is 8.92. The number of carbonyl (C=O) groups is 4. The Labute approximate surface area is 328 Å². The lowest BCUT2D eigenvalue weighted by atomic mass is 10.0. The van der Waals surface area contributed by atoms with Gasteiger partial charge in [0.05, 0.1) is 5.54 Å². The molecular formula is C39H34ClF3N8O6. The molecule has 0 bridgehead atoms. The molecule has 6 N–H and O–H groups in total. The van der Waals surface area contributed by atoms with Crippen LogP contribution in [-0.2, 0) is 19.9 Å². The zero-order valence-electron chi connectivity index (χ0n) is 29.8. The van der Waals surface area contributed by atoms with E-state index in [2.05, 4.69) is 41.5 Å². The van der Waals surface area contributed by atoms with Crippen LogP contribution < -0.4 is 31.3 Å². The molecule has 294 valence electrons. The number of nitrogens with one attached hydrogen (secondary N) is 5. The Morgan fingerprint density at radius 1 is 0.825 bits per heavy atom. The Kier molecular flexibility index (Phi) is 12.2. The Morgan fingerprint density at radius 3 is 2.16 bits per heavy atom. The molecular weight excluding hydrogens is 769 g/mol. The van der Waals surface area contributed by atoms with Gasteiger partial charge in [0.25, 0.3) is 5.91 Å². The van der Waals surface area contributed by atoms with Crippen molar-refractivity contribution in [1.29, 1.82) is 0 Å². The van der Waals surface area contributed by atoms with Gasteiger partial charge in [0.1, 0.15) is 6.04 Å². The van der Waals surface area contributed by atoms with E-state index < -0.39 is 54.1 Å². The number of ether oxygens (including phenoxy) is 1. The molecule has 1 aliphatic rings. The first-order valence-corrected chi connectivity index (χ1v) is 17.8. The van der Waals surface area contributed by atoms with Crippen molar-refractivity contribution < 1.29 is 42.2 Å².